The van der Waals surface area contributed by atoms with Crippen molar-refractivity contribution >= 4 is 5.91 Å². The van der Waals surface area contributed by atoms with E-state index in [1.54, 1.807) is 0 Å². The molecule has 1 aliphatic heterocycles. The van der Waals surface area contributed by atoms with Gasteiger partial charge in [0.25, 0.3) is 0 Å². The van der Waals surface area contributed by atoms with Crippen LogP contribution in [0, 0.1) is 12.8 Å². The molecule has 1 atom stereocenters. The lowest BCUT2D eigenvalue weighted by Crippen LogP contribution is -2.30. The van der Waals surface area contributed by atoms with Crippen molar-refractivity contribution in [1.29, 1.82) is 0 Å². The maximum Gasteiger partial charge on any atom is 0.230 e. The van der Waals surface area contributed by atoms with Gasteiger partial charge in [0.05, 0.1) is 13.0 Å². The van der Waals surface area contributed by atoms with Gasteiger partial charge in [-0.1, -0.05) is 24.3 Å². The van der Waals surface area contributed by atoms with E-state index < -0.39 is 0 Å². The van der Waals surface area contributed by atoms with Crippen LogP contribution >= 0.6 is 0 Å². The summed E-state index contributed by atoms with van der Waals surface area (Å²) >= 11 is 0. The van der Waals surface area contributed by atoms with Crippen LogP contribution in [-0.4, -0.2) is 44.2 Å². The van der Waals surface area contributed by atoms with E-state index in [0.717, 1.165) is 37.3 Å². The molecular weight excluding hydrogens is 292 g/mol. The fourth-order valence-electron chi connectivity index (χ4n) is 3.13. The number of nitrogens with zero attached hydrogens (tertiary/aromatic N) is 3. The number of aliphatic hydroxyl groups is 1. The first-order valence-corrected chi connectivity index (χ1v) is 7.98. The van der Waals surface area contributed by atoms with Crippen LogP contribution < -0.4 is 0 Å². The van der Waals surface area contributed by atoms with E-state index in [2.05, 4.69) is 21.2 Å². The molecule has 0 unspecified atom stereocenters. The summed E-state index contributed by atoms with van der Waals surface area (Å²) in [5.41, 5.74) is 2.16. The van der Waals surface area contributed by atoms with E-state index in [9.17, 15) is 9.90 Å². The minimum Gasteiger partial charge on any atom is -0.392 e. The molecule has 1 fully saturated rings. The van der Waals surface area contributed by atoms with Crippen LogP contribution in [0.15, 0.2) is 24.3 Å². The summed E-state index contributed by atoms with van der Waals surface area (Å²) in [6, 6.07) is 8.03. The summed E-state index contributed by atoms with van der Waals surface area (Å²) in [5, 5.41) is 16.0. The highest BCUT2D eigenvalue weighted by atomic mass is 16.3. The monoisotopic (exact) mass is 314 g/mol. The number of rotatable bonds is 5. The zero-order chi connectivity index (χ0) is 16.2. The summed E-state index contributed by atoms with van der Waals surface area (Å²) in [6.07, 6.45) is 2.22. The first kappa shape index (κ1) is 15.7. The Balaban J connectivity index is 1.54. The standard InChI is InChI=1S/C17H22N4O2/c1-12-18-16(20-19-12)9-17(23)21-6-5-14(10-21)7-13-3-2-4-15(8-13)11-22/h2-4,8,14,22H,5-7,9-11H2,1H3,(H,18,19,20)/t14-/m0/s1. The van der Waals surface area contributed by atoms with Crippen LogP contribution in [0.25, 0.3) is 0 Å². The minimum atomic E-state index is 0.0686. The number of H-pyrrole nitrogens is 1. The third kappa shape index (κ3) is 3.96. The highest BCUT2D eigenvalue weighted by Crippen LogP contribution is 2.22. The molecule has 2 N–H and O–H groups in total. The van der Waals surface area contributed by atoms with E-state index in [1.807, 2.05) is 30.0 Å². The quantitative estimate of drug-likeness (QED) is 0.870. The van der Waals surface area contributed by atoms with Gasteiger partial charge in [-0.05, 0) is 36.8 Å². The Bertz CT molecular complexity index is 683. The Kier molecular flexibility index (Phi) is 4.71. The van der Waals surface area contributed by atoms with Gasteiger partial charge in [0, 0.05) is 13.1 Å². The minimum absolute atomic E-state index is 0.0686. The van der Waals surface area contributed by atoms with Crippen LogP contribution in [0.5, 0.6) is 0 Å². The van der Waals surface area contributed by atoms with Crippen LogP contribution in [0.1, 0.15) is 29.2 Å². The topological polar surface area (TPSA) is 82.1 Å². The molecule has 122 valence electrons. The maximum absolute atomic E-state index is 12.3. The fraction of sp³-hybridized carbons (Fsp3) is 0.471. The Morgan fingerprint density at radius 2 is 2.26 bits per heavy atom. The molecule has 1 aliphatic rings. The van der Waals surface area contributed by atoms with Crippen molar-refractivity contribution in [1.82, 2.24) is 20.1 Å². The number of carbonyl (C=O) groups is 1. The Hall–Kier alpha value is -2.21. The zero-order valence-electron chi connectivity index (χ0n) is 13.3. The Morgan fingerprint density at radius 1 is 1.43 bits per heavy atom. The lowest BCUT2D eigenvalue weighted by molar-refractivity contribution is -0.129. The van der Waals surface area contributed by atoms with Crippen molar-refractivity contribution < 1.29 is 9.90 Å². The van der Waals surface area contributed by atoms with Crippen molar-refractivity contribution in [3.8, 4) is 0 Å². The van der Waals surface area contributed by atoms with Crippen LogP contribution in [0.4, 0.5) is 0 Å². The van der Waals surface area contributed by atoms with Gasteiger partial charge in [-0.15, -0.1) is 0 Å². The number of aromatic amines is 1. The van der Waals surface area contributed by atoms with E-state index >= 15 is 0 Å². The molecule has 6 nitrogen and oxygen atoms in total. The molecule has 3 rings (SSSR count). The second kappa shape index (κ2) is 6.91. The molecule has 1 amide bonds. The second-order valence-electron chi connectivity index (χ2n) is 6.19. The number of nitrogens with one attached hydrogen (secondary N) is 1. The van der Waals surface area contributed by atoms with Gasteiger partial charge < -0.3 is 10.0 Å². The third-order valence-corrected chi connectivity index (χ3v) is 4.29. The highest BCUT2D eigenvalue weighted by molar-refractivity contribution is 5.78. The maximum atomic E-state index is 12.3. The van der Waals surface area contributed by atoms with Gasteiger partial charge in [0.15, 0.2) is 5.82 Å². The summed E-state index contributed by atoms with van der Waals surface area (Å²) in [6.45, 7) is 3.48. The third-order valence-electron chi connectivity index (χ3n) is 4.29. The van der Waals surface area contributed by atoms with E-state index in [-0.39, 0.29) is 18.9 Å². The van der Waals surface area contributed by atoms with Gasteiger partial charge in [-0.2, -0.15) is 5.10 Å². The van der Waals surface area contributed by atoms with Crippen LogP contribution in [0.3, 0.4) is 0 Å². The van der Waals surface area contributed by atoms with Gasteiger partial charge in [-0.25, -0.2) is 4.98 Å². The molecule has 0 bridgehead atoms. The molecule has 23 heavy (non-hydrogen) atoms. The molecule has 0 spiro atoms. The SMILES string of the molecule is Cc1nc(CC(=O)N2CC[C@@H](Cc3cccc(CO)c3)C2)n[nH]1. The summed E-state index contributed by atoms with van der Waals surface area (Å²) < 4.78 is 0. The number of hydrogen-bond acceptors (Lipinski definition) is 4. The van der Waals surface area contributed by atoms with E-state index in [1.165, 1.54) is 5.56 Å². The van der Waals surface area contributed by atoms with Gasteiger partial charge in [-0.3, -0.25) is 9.89 Å². The summed E-state index contributed by atoms with van der Waals surface area (Å²) in [4.78, 5) is 18.4. The Morgan fingerprint density at radius 3 is 3.00 bits per heavy atom. The van der Waals surface area contributed by atoms with Crippen molar-refractivity contribution in [3.63, 3.8) is 0 Å². The molecule has 2 heterocycles. The Labute approximate surface area is 135 Å². The molecule has 0 aliphatic carbocycles. The van der Waals surface area contributed by atoms with E-state index in [0.29, 0.717) is 11.7 Å². The lowest BCUT2D eigenvalue weighted by Gasteiger charge is -2.16. The first-order chi connectivity index (χ1) is 11.1. The number of amides is 1. The summed E-state index contributed by atoms with van der Waals surface area (Å²) in [7, 11) is 0. The average molecular weight is 314 g/mol. The summed E-state index contributed by atoms with van der Waals surface area (Å²) in [5.74, 6) is 1.86. The highest BCUT2D eigenvalue weighted by Gasteiger charge is 2.27. The number of aryl methyl sites for hydroxylation is 1. The zero-order valence-corrected chi connectivity index (χ0v) is 13.3. The predicted octanol–water partition coefficient (Wildman–Crippen LogP) is 1.24. The van der Waals surface area contributed by atoms with Crippen molar-refractivity contribution in [2.24, 2.45) is 5.92 Å². The molecular formula is C17H22N4O2. The molecule has 0 saturated carbocycles. The number of aromatic nitrogens is 3. The largest absolute Gasteiger partial charge is 0.392 e. The number of likely N-dealkylation sites (tertiary alicyclic amines) is 1. The van der Waals surface area contributed by atoms with Gasteiger partial charge in [0.2, 0.25) is 5.91 Å². The normalized spacial score (nSPS) is 17.7. The van der Waals surface area contributed by atoms with Gasteiger partial charge >= 0.3 is 0 Å². The number of aliphatic hydroxyl groups excluding tert-OH is 1. The molecule has 6 heteroatoms. The lowest BCUT2D eigenvalue weighted by atomic mass is 9.97. The van der Waals surface area contributed by atoms with Crippen molar-refractivity contribution in [2.75, 3.05) is 13.1 Å². The smallest absolute Gasteiger partial charge is 0.230 e. The first-order valence-electron chi connectivity index (χ1n) is 7.98. The molecule has 1 aromatic heterocycles. The molecule has 0 radical (unpaired) electrons. The van der Waals surface area contributed by atoms with Gasteiger partial charge in [0.1, 0.15) is 5.82 Å². The molecule has 1 saturated heterocycles. The van der Waals surface area contributed by atoms with Crippen LogP contribution in [0.2, 0.25) is 0 Å². The van der Waals surface area contributed by atoms with Crippen LogP contribution in [-0.2, 0) is 24.2 Å². The molecule has 1 aromatic carbocycles. The number of hydrogen-bond donors (Lipinski definition) is 2. The van der Waals surface area contributed by atoms with Crippen molar-refractivity contribution in [3.05, 3.63) is 47.0 Å². The van der Waals surface area contributed by atoms with Crippen molar-refractivity contribution in [2.45, 2.75) is 32.8 Å². The number of carbonyl (C=O) groups excluding carboxylic acids is 1. The second-order valence-corrected chi connectivity index (χ2v) is 6.19. The predicted molar refractivity (Wildman–Crippen MR) is 85.6 cm³/mol. The fourth-order valence-corrected chi connectivity index (χ4v) is 3.13. The molecule has 2 aromatic rings. The number of benzene rings is 1. The average Bonchev–Trinajstić information content (AvgIpc) is 3.17. The van der Waals surface area contributed by atoms with E-state index in [4.69, 9.17) is 0 Å².